The second-order valence-electron chi connectivity index (χ2n) is 7.50. The van der Waals surface area contributed by atoms with Crippen molar-refractivity contribution in [2.75, 3.05) is 20.8 Å². The molecule has 33 heavy (non-hydrogen) atoms. The molecular weight excluding hydrogens is 423 g/mol. The summed E-state index contributed by atoms with van der Waals surface area (Å²) in [7, 11) is 5.09. The first-order valence-electron chi connectivity index (χ1n) is 10.5. The van der Waals surface area contributed by atoms with Crippen LogP contribution in [-0.4, -0.2) is 41.0 Å². The standard InChI is InChI=1S/C25H25FN4O3/c1-29-14-4-5-21(29)20-16-22(30(28-20)19-9-7-18(26)8-10-19)25(31)27-13-12-17-6-11-23(32-2)24(15-17)33-3/h4-11,14-16H,12-13H2,1-3H3,(H,27,31). The van der Waals surface area contributed by atoms with Crippen molar-refractivity contribution in [3.8, 4) is 28.6 Å². The second kappa shape index (κ2) is 9.60. The van der Waals surface area contributed by atoms with Crippen LogP contribution < -0.4 is 14.8 Å². The van der Waals surface area contributed by atoms with Gasteiger partial charge >= 0.3 is 0 Å². The smallest absolute Gasteiger partial charge is 0.270 e. The molecule has 0 spiro atoms. The minimum Gasteiger partial charge on any atom is -0.493 e. The van der Waals surface area contributed by atoms with Gasteiger partial charge in [0.25, 0.3) is 5.91 Å². The van der Waals surface area contributed by atoms with E-state index < -0.39 is 0 Å². The van der Waals surface area contributed by atoms with Crippen molar-refractivity contribution in [2.45, 2.75) is 6.42 Å². The molecule has 0 atom stereocenters. The molecular formula is C25H25FN4O3. The van der Waals surface area contributed by atoms with Crippen molar-refractivity contribution in [1.82, 2.24) is 19.7 Å². The molecule has 0 saturated heterocycles. The van der Waals surface area contributed by atoms with E-state index in [1.165, 1.54) is 16.8 Å². The number of hydrogen-bond donors (Lipinski definition) is 1. The molecule has 7 nitrogen and oxygen atoms in total. The quantitative estimate of drug-likeness (QED) is 0.442. The van der Waals surface area contributed by atoms with Crippen LogP contribution in [0.4, 0.5) is 4.39 Å². The summed E-state index contributed by atoms with van der Waals surface area (Å²) in [5, 5.41) is 7.58. The van der Waals surface area contributed by atoms with E-state index in [1.54, 1.807) is 32.4 Å². The van der Waals surface area contributed by atoms with Crippen LogP contribution in [0, 0.1) is 5.82 Å². The van der Waals surface area contributed by atoms with E-state index in [2.05, 4.69) is 10.4 Å². The number of methoxy groups -OCH3 is 2. The number of hydrogen-bond acceptors (Lipinski definition) is 4. The maximum Gasteiger partial charge on any atom is 0.270 e. The van der Waals surface area contributed by atoms with Crippen molar-refractivity contribution in [2.24, 2.45) is 7.05 Å². The molecule has 0 aliphatic carbocycles. The van der Waals surface area contributed by atoms with Gasteiger partial charge in [0.2, 0.25) is 0 Å². The zero-order valence-corrected chi connectivity index (χ0v) is 18.7. The lowest BCUT2D eigenvalue weighted by molar-refractivity contribution is 0.0946. The number of nitrogens with zero attached hydrogens (tertiary/aromatic N) is 3. The largest absolute Gasteiger partial charge is 0.493 e. The normalized spacial score (nSPS) is 10.8. The number of rotatable bonds is 8. The van der Waals surface area contributed by atoms with Crippen LogP contribution in [-0.2, 0) is 13.5 Å². The van der Waals surface area contributed by atoms with Crippen LogP contribution in [0.3, 0.4) is 0 Å². The second-order valence-corrected chi connectivity index (χ2v) is 7.50. The minimum atomic E-state index is -0.352. The van der Waals surface area contributed by atoms with Crippen LogP contribution in [0.1, 0.15) is 16.1 Å². The number of nitrogens with one attached hydrogen (secondary N) is 1. The Morgan fingerprint density at radius 2 is 1.79 bits per heavy atom. The van der Waals surface area contributed by atoms with Crippen LogP contribution in [0.15, 0.2) is 66.9 Å². The molecule has 0 saturated carbocycles. The molecule has 1 amide bonds. The third-order valence-corrected chi connectivity index (χ3v) is 5.37. The van der Waals surface area contributed by atoms with Crippen LogP contribution in [0.2, 0.25) is 0 Å². The molecule has 2 aromatic heterocycles. The molecule has 8 heteroatoms. The van der Waals surface area contributed by atoms with Crippen molar-refractivity contribution < 1.29 is 18.7 Å². The predicted octanol–water partition coefficient (Wildman–Crippen LogP) is 4.01. The van der Waals surface area contributed by atoms with Crippen LogP contribution >= 0.6 is 0 Å². The first-order chi connectivity index (χ1) is 16.0. The number of aromatic nitrogens is 3. The Labute approximate surface area is 191 Å². The number of ether oxygens (including phenoxy) is 2. The molecule has 170 valence electrons. The third-order valence-electron chi connectivity index (χ3n) is 5.37. The Balaban J connectivity index is 1.55. The van der Waals surface area contributed by atoms with Crippen molar-refractivity contribution in [3.05, 3.63) is 83.9 Å². The van der Waals surface area contributed by atoms with Gasteiger partial charge in [-0.25, -0.2) is 9.07 Å². The van der Waals surface area contributed by atoms with Crippen LogP contribution in [0.25, 0.3) is 17.1 Å². The van der Waals surface area contributed by atoms with E-state index in [4.69, 9.17) is 9.47 Å². The Morgan fingerprint density at radius 1 is 1.03 bits per heavy atom. The third kappa shape index (κ3) is 4.74. The number of aryl methyl sites for hydroxylation is 1. The molecule has 2 heterocycles. The molecule has 0 aliphatic heterocycles. The van der Waals surface area contributed by atoms with Crippen LogP contribution in [0.5, 0.6) is 11.5 Å². The lowest BCUT2D eigenvalue weighted by Crippen LogP contribution is -2.27. The first kappa shape index (κ1) is 22.1. The highest BCUT2D eigenvalue weighted by molar-refractivity contribution is 5.94. The summed E-state index contributed by atoms with van der Waals surface area (Å²) in [5.74, 6) is 0.673. The molecule has 0 radical (unpaired) electrons. The predicted molar refractivity (Wildman–Crippen MR) is 124 cm³/mol. The minimum absolute atomic E-state index is 0.271. The number of amides is 1. The van der Waals surface area contributed by atoms with E-state index in [1.807, 2.05) is 48.1 Å². The Bertz CT molecular complexity index is 1260. The van der Waals surface area contributed by atoms with E-state index in [-0.39, 0.29) is 11.7 Å². The molecule has 0 bridgehead atoms. The van der Waals surface area contributed by atoms with Gasteiger partial charge in [-0.3, -0.25) is 4.79 Å². The number of carbonyl (C=O) groups excluding carboxylic acids is 1. The van der Waals surface area contributed by atoms with E-state index in [0.717, 1.165) is 11.3 Å². The number of carbonyl (C=O) groups is 1. The molecule has 4 aromatic rings. The summed E-state index contributed by atoms with van der Waals surface area (Å²) >= 11 is 0. The topological polar surface area (TPSA) is 70.3 Å². The van der Waals surface area contributed by atoms with Gasteiger partial charge in [-0.1, -0.05) is 6.07 Å². The fourth-order valence-corrected chi connectivity index (χ4v) is 3.62. The van der Waals surface area contributed by atoms with Crippen molar-refractivity contribution in [3.63, 3.8) is 0 Å². The van der Waals surface area contributed by atoms with Gasteiger partial charge < -0.3 is 19.4 Å². The maximum atomic E-state index is 13.4. The van der Waals surface area contributed by atoms with Crippen molar-refractivity contribution in [1.29, 1.82) is 0 Å². The average molecular weight is 448 g/mol. The zero-order chi connectivity index (χ0) is 23.4. The SMILES string of the molecule is COc1ccc(CCNC(=O)c2cc(-c3cccn3C)nn2-c2ccc(F)cc2)cc1OC. The molecule has 1 N–H and O–H groups in total. The molecule has 2 aromatic carbocycles. The highest BCUT2D eigenvalue weighted by Gasteiger charge is 2.18. The van der Waals surface area contributed by atoms with Gasteiger partial charge in [-0.05, 0) is 66.6 Å². The van der Waals surface area contributed by atoms with Gasteiger partial charge in [0, 0.05) is 19.8 Å². The lowest BCUT2D eigenvalue weighted by atomic mass is 10.1. The van der Waals surface area contributed by atoms with Gasteiger partial charge in [-0.2, -0.15) is 5.10 Å². The summed E-state index contributed by atoms with van der Waals surface area (Å²) in [5.41, 5.74) is 3.49. The summed E-state index contributed by atoms with van der Waals surface area (Å²) in [6, 6.07) is 17.1. The molecule has 0 aliphatic rings. The number of benzene rings is 2. The lowest BCUT2D eigenvalue weighted by Gasteiger charge is -2.11. The summed E-state index contributed by atoms with van der Waals surface area (Å²) in [4.78, 5) is 13.1. The van der Waals surface area contributed by atoms with Gasteiger partial charge in [0.1, 0.15) is 17.2 Å². The average Bonchev–Trinajstić information content (AvgIpc) is 3.45. The first-order valence-corrected chi connectivity index (χ1v) is 10.5. The highest BCUT2D eigenvalue weighted by Crippen LogP contribution is 2.27. The van der Waals surface area contributed by atoms with Gasteiger partial charge in [0.05, 0.1) is 25.6 Å². The number of halogens is 1. The maximum absolute atomic E-state index is 13.4. The van der Waals surface area contributed by atoms with Gasteiger partial charge in [-0.15, -0.1) is 0 Å². The molecule has 4 rings (SSSR count). The Hall–Kier alpha value is -4.07. The van der Waals surface area contributed by atoms with E-state index >= 15 is 0 Å². The zero-order valence-electron chi connectivity index (χ0n) is 18.7. The van der Waals surface area contributed by atoms with E-state index in [0.29, 0.717) is 41.5 Å². The Morgan fingerprint density at radius 3 is 2.45 bits per heavy atom. The highest BCUT2D eigenvalue weighted by atomic mass is 19.1. The molecule has 0 unspecified atom stereocenters. The summed E-state index contributed by atoms with van der Waals surface area (Å²) < 4.78 is 27.5. The fraction of sp³-hybridized carbons (Fsp3) is 0.200. The van der Waals surface area contributed by atoms with E-state index in [9.17, 15) is 9.18 Å². The Kier molecular flexibility index (Phi) is 6.44. The fourth-order valence-electron chi connectivity index (χ4n) is 3.62. The van der Waals surface area contributed by atoms with Crippen molar-refractivity contribution >= 4 is 5.91 Å². The summed E-state index contributed by atoms with van der Waals surface area (Å²) in [6.45, 7) is 0.419. The van der Waals surface area contributed by atoms with Gasteiger partial charge in [0.15, 0.2) is 11.5 Å². The monoisotopic (exact) mass is 448 g/mol. The molecule has 0 fully saturated rings. The summed E-state index contributed by atoms with van der Waals surface area (Å²) in [6.07, 6.45) is 2.52.